The topological polar surface area (TPSA) is 32.7 Å². The van der Waals surface area contributed by atoms with E-state index >= 15 is 0 Å². The van der Waals surface area contributed by atoms with E-state index in [0.717, 1.165) is 45.7 Å². The fourth-order valence-corrected chi connectivity index (χ4v) is 3.19. The second-order valence-corrected chi connectivity index (χ2v) is 6.11. The summed E-state index contributed by atoms with van der Waals surface area (Å²) in [5.74, 6) is 0. The molecule has 0 radical (unpaired) electrons. The second-order valence-electron chi connectivity index (χ2n) is 5.17. The quantitative estimate of drug-likeness (QED) is 0.684. The van der Waals surface area contributed by atoms with E-state index in [0.29, 0.717) is 0 Å². The Hall–Kier alpha value is -0.940. The lowest BCUT2D eigenvalue weighted by Crippen LogP contribution is -2.28. The highest BCUT2D eigenvalue weighted by Gasteiger charge is 2.01. The van der Waals surface area contributed by atoms with Gasteiger partial charge in [-0.3, -0.25) is 0 Å². The molecule has 21 heavy (non-hydrogen) atoms. The average molecular weight is 307 g/mol. The number of aliphatic hydroxyl groups excluding tert-OH is 1. The highest BCUT2D eigenvalue weighted by atomic mass is 32.1. The molecule has 1 heterocycles. The molecule has 3 nitrogen and oxygen atoms in total. The molecule has 1 N–H and O–H groups in total. The lowest BCUT2D eigenvalue weighted by molar-refractivity contribution is 0.119. The first-order valence-corrected chi connectivity index (χ1v) is 8.58. The molecule has 2 rings (SSSR count). The predicted octanol–water partition coefficient (Wildman–Crippen LogP) is 3.16. The molecule has 0 aliphatic carbocycles. The van der Waals surface area contributed by atoms with Crippen LogP contribution in [-0.2, 0) is 11.2 Å². The van der Waals surface area contributed by atoms with Crippen molar-refractivity contribution in [3.8, 4) is 0 Å². The predicted molar refractivity (Wildman–Crippen MR) is 90.2 cm³/mol. The van der Waals surface area contributed by atoms with Crippen molar-refractivity contribution in [1.29, 1.82) is 0 Å². The molecule has 0 spiro atoms. The minimum absolute atomic E-state index is 0.236. The van der Waals surface area contributed by atoms with Gasteiger partial charge in [-0.15, -0.1) is 11.3 Å². The third kappa shape index (κ3) is 5.40. The first-order chi connectivity index (χ1) is 10.3. The summed E-state index contributed by atoms with van der Waals surface area (Å²) in [6, 6.07) is 8.83. The minimum atomic E-state index is 0.236. The second kappa shape index (κ2) is 9.15. The smallest absolute Gasteiger partial charge is 0.0558 e. The van der Waals surface area contributed by atoms with Crippen LogP contribution in [0.25, 0.3) is 10.1 Å². The zero-order valence-electron chi connectivity index (χ0n) is 12.8. The van der Waals surface area contributed by atoms with Gasteiger partial charge in [-0.2, -0.15) is 0 Å². The van der Waals surface area contributed by atoms with Crippen LogP contribution >= 0.6 is 11.3 Å². The van der Waals surface area contributed by atoms with E-state index in [4.69, 9.17) is 9.84 Å². The monoisotopic (exact) mass is 307 g/mol. The number of nitrogens with zero attached hydrogens (tertiary/aromatic N) is 1. The lowest BCUT2D eigenvalue weighted by atomic mass is 10.1. The lowest BCUT2D eigenvalue weighted by Gasteiger charge is -2.18. The molecule has 0 aliphatic rings. The zero-order valence-corrected chi connectivity index (χ0v) is 13.6. The van der Waals surface area contributed by atoms with E-state index in [1.165, 1.54) is 15.6 Å². The van der Waals surface area contributed by atoms with Crippen molar-refractivity contribution in [1.82, 2.24) is 4.90 Å². The molecular formula is C17H25NO2S. The number of fused-ring (bicyclic) bond motifs is 1. The standard InChI is InChI=1S/C17H25NO2S/c1-2-18(9-10-19)8-3-11-20-12-6-15-4-5-17-16(14-15)7-13-21-17/h4-5,7,13-14,19H,2-3,6,8-12H2,1H3. The van der Waals surface area contributed by atoms with E-state index in [1.807, 2.05) is 0 Å². The van der Waals surface area contributed by atoms with Gasteiger partial charge in [0, 0.05) is 24.4 Å². The number of benzene rings is 1. The fourth-order valence-electron chi connectivity index (χ4n) is 2.42. The van der Waals surface area contributed by atoms with Gasteiger partial charge in [0.2, 0.25) is 0 Å². The van der Waals surface area contributed by atoms with Crippen LogP contribution in [0.15, 0.2) is 29.6 Å². The summed E-state index contributed by atoms with van der Waals surface area (Å²) >= 11 is 1.79. The highest BCUT2D eigenvalue weighted by Crippen LogP contribution is 2.21. The summed E-state index contributed by atoms with van der Waals surface area (Å²) in [6.45, 7) is 6.68. The van der Waals surface area contributed by atoms with Crippen LogP contribution in [0.4, 0.5) is 0 Å². The first kappa shape index (κ1) is 16.4. The minimum Gasteiger partial charge on any atom is -0.395 e. The maximum absolute atomic E-state index is 8.92. The Kier molecular flexibility index (Phi) is 7.16. The van der Waals surface area contributed by atoms with E-state index in [-0.39, 0.29) is 6.61 Å². The number of hydrogen-bond donors (Lipinski definition) is 1. The van der Waals surface area contributed by atoms with Gasteiger partial charge in [-0.05, 0) is 47.8 Å². The largest absolute Gasteiger partial charge is 0.395 e. The van der Waals surface area contributed by atoms with Gasteiger partial charge >= 0.3 is 0 Å². The van der Waals surface area contributed by atoms with Crippen LogP contribution in [0.1, 0.15) is 18.9 Å². The van der Waals surface area contributed by atoms with Crippen molar-refractivity contribution in [3.05, 3.63) is 35.2 Å². The molecule has 116 valence electrons. The molecule has 0 unspecified atom stereocenters. The van der Waals surface area contributed by atoms with Crippen LogP contribution in [0.2, 0.25) is 0 Å². The van der Waals surface area contributed by atoms with Crippen LogP contribution in [0.5, 0.6) is 0 Å². The number of rotatable bonds is 10. The summed E-state index contributed by atoms with van der Waals surface area (Å²) in [4.78, 5) is 2.24. The van der Waals surface area contributed by atoms with Gasteiger partial charge in [0.05, 0.1) is 13.2 Å². The Morgan fingerprint density at radius 3 is 2.90 bits per heavy atom. The van der Waals surface area contributed by atoms with Crippen molar-refractivity contribution >= 4 is 21.4 Å². The van der Waals surface area contributed by atoms with Gasteiger partial charge < -0.3 is 14.7 Å². The van der Waals surface area contributed by atoms with Crippen LogP contribution in [-0.4, -0.2) is 49.5 Å². The van der Waals surface area contributed by atoms with Gasteiger partial charge in [-0.25, -0.2) is 0 Å². The Morgan fingerprint density at radius 1 is 1.19 bits per heavy atom. The summed E-state index contributed by atoms with van der Waals surface area (Å²) in [7, 11) is 0. The number of likely N-dealkylation sites (N-methyl/N-ethyl adjacent to an activating group) is 1. The van der Waals surface area contributed by atoms with Gasteiger partial charge in [0.25, 0.3) is 0 Å². The van der Waals surface area contributed by atoms with Crippen molar-refractivity contribution in [3.63, 3.8) is 0 Å². The van der Waals surface area contributed by atoms with Gasteiger partial charge in [-0.1, -0.05) is 19.1 Å². The van der Waals surface area contributed by atoms with Crippen molar-refractivity contribution in [2.75, 3.05) is 39.5 Å². The number of ether oxygens (including phenoxy) is 1. The third-order valence-electron chi connectivity index (χ3n) is 3.68. The summed E-state index contributed by atoms with van der Waals surface area (Å²) in [6.07, 6.45) is 2.00. The van der Waals surface area contributed by atoms with E-state index in [2.05, 4.69) is 41.5 Å². The normalized spacial score (nSPS) is 11.6. The molecule has 1 aromatic heterocycles. The maximum Gasteiger partial charge on any atom is 0.0558 e. The first-order valence-electron chi connectivity index (χ1n) is 7.70. The summed E-state index contributed by atoms with van der Waals surface area (Å²) in [5, 5.41) is 12.4. The Balaban J connectivity index is 1.61. The molecule has 2 aromatic rings. The average Bonchev–Trinajstić information content (AvgIpc) is 2.97. The Labute approximate surface area is 131 Å². The van der Waals surface area contributed by atoms with Crippen LogP contribution in [0.3, 0.4) is 0 Å². The van der Waals surface area contributed by atoms with E-state index < -0.39 is 0 Å². The molecule has 0 saturated carbocycles. The van der Waals surface area contributed by atoms with E-state index in [1.54, 1.807) is 11.3 Å². The SMILES string of the molecule is CCN(CCO)CCCOCCc1ccc2sccc2c1. The number of hydrogen-bond acceptors (Lipinski definition) is 4. The van der Waals surface area contributed by atoms with E-state index in [9.17, 15) is 0 Å². The molecular weight excluding hydrogens is 282 g/mol. The number of aliphatic hydroxyl groups is 1. The van der Waals surface area contributed by atoms with Gasteiger partial charge in [0.1, 0.15) is 0 Å². The Bertz CT molecular complexity index is 526. The molecule has 0 fully saturated rings. The molecule has 0 aliphatic heterocycles. The summed E-state index contributed by atoms with van der Waals surface area (Å²) < 4.78 is 7.07. The van der Waals surface area contributed by atoms with Crippen molar-refractivity contribution < 1.29 is 9.84 Å². The zero-order chi connectivity index (χ0) is 14.9. The maximum atomic E-state index is 8.92. The van der Waals surface area contributed by atoms with Crippen molar-refractivity contribution in [2.45, 2.75) is 19.8 Å². The highest BCUT2D eigenvalue weighted by molar-refractivity contribution is 7.17. The Morgan fingerprint density at radius 2 is 2.10 bits per heavy atom. The van der Waals surface area contributed by atoms with Crippen molar-refractivity contribution in [2.24, 2.45) is 0 Å². The molecule has 0 saturated heterocycles. The molecule has 4 heteroatoms. The molecule has 0 amide bonds. The molecule has 1 aromatic carbocycles. The molecule has 0 bridgehead atoms. The van der Waals surface area contributed by atoms with Crippen LogP contribution < -0.4 is 0 Å². The van der Waals surface area contributed by atoms with Crippen LogP contribution in [0, 0.1) is 0 Å². The fraction of sp³-hybridized carbons (Fsp3) is 0.529. The third-order valence-corrected chi connectivity index (χ3v) is 4.58. The molecule has 0 atom stereocenters. The number of thiophene rings is 1. The summed E-state index contributed by atoms with van der Waals surface area (Å²) in [5.41, 5.74) is 1.34. The van der Waals surface area contributed by atoms with Gasteiger partial charge in [0.15, 0.2) is 0 Å².